The number of carbonyl (C=O) groups excluding carboxylic acids is 2. The molecule has 0 spiro atoms. The standard InChI is InChI=1S/C14H26N2O2/c1-9(2)7-11-13(18)16(8-12(17)15-11)10(3)14(4,5)6/h9-11H,7-8H2,1-6H3,(H,15,17). The minimum absolute atomic E-state index is 0.0182. The Kier molecular flexibility index (Phi) is 4.41. The van der Waals surface area contributed by atoms with Crippen LogP contribution in [-0.2, 0) is 9.59 Å². The second-order valence-electron chi connectivity index (χ2n) is 6.76. The molecule has 2 atom stereocenters. The molecule has 0 aromatic rings. The maximum atomic E-state index is 12.4. The van der Waals surface area contributed by atoms with Gasteiger partial charge in [-0.05, 0) is 24.7 Å². The molecule has 2 amide bonds. The highest BCUT2D eigenvalue weighted by molar-refractivity contribution is 5.95. The molecule has 0 saturated carbocycles. The smallest absolute Gasteiger partial charge is 0.245 e. The van der Waals surface area contributed by atoms with Crippen molar-refractivity contribution in [2.24, 2.45) is 11.3 Å². The number of carbonyl (C=O) groups is 2. The Balaban J connectivity index is 2.86. The summed E-state index contributed by atoms with van der Waals surface area (Å²) in [5, 5.41) is 2.80. The largest absolute Gasteiger partial charge is 0.343 e. The summed E-state index contributed by atoms with van der Waals surface area (Å²) in [5.74, 6) is 0.409. The Hall–Kier alpha value is -1.06. The molecule has 0 bridgehead atoms. The molecule has 0 aliphatic carbocycles. The van der Waals surface area contributed by atoms with Gasteiger partial charge >= 0.3 is 0 Å². The first-order valence-corrected chi connectivity index (χ1v) is 6.72. The molecular formula is C14H26N2O2. The lowest BCUT2D eigenvalue weighted by Crippen LogP contribution is -2.62. The van der Waals surface area contributed by atoms with E-state index in [0.717, 1.165) is 0 Å². The van der Waals surface area contributed by atoms with Crippen LogP contribution >= 0.6 is 0 Å². The molecule has 1 rings (SSSR count). The summed E-state index contributed by atoms with van der Waals surface area (Å²) in [6.07, 6.45) is 0.706. The van der Waals surface area contributed by atoms with Crippen LogP contribution in [0.1, 0.15) is 48.0 Å². The van der Waals surface area contributed by atoms with Crippen molar-refractivity contribution in [3.8, 4) is 0 Å². The number of piperazine rings is 1. The molecule has 1 N–H and O–H groups in total. The Bertz CT molecular complexity index is 331. The minimum Gasteiger partial charge on any atom is -0.343 e. The summed E-state index contributed by atoms with van der Waals surface area (Å²) in [5.41, 5.74) is -0.0182. The van der Waals surface area contributed by atoms with Crippen LogP contribution in [0, 0.1) is 11.3 Å². The van der Waals surface area contributed by atoms with Crippen LogP contribution in [0.25, 0.3) is 0 Å². The monoisotopic (exact) mass is 254 g/mol. The van der Waals surface area contributed by atoms with Crippen LogP contribution in [0.15, 0.2) is 0 Å². The fourth-order valence-electron chi connectivity index (χ4n) is 2.16. The normalized spacial score (nSPS) is 23.3. The van der Waals surface area contributed by atoms with Crippen molar-refractivity contribution in [1.82, 2.24) is 10.2 Å². The molecule has 18 heavy (non-hydrogen) atoms. The van der Waals surface area contributed by atoms with E-state index in [0.29, 0.717) is 12.3 Å². The Morgan fingerprint density at radius 2 is 1.83 bits per heavy atom. The van der Waals surface area contributed by atoms with Crippen molar-refractivity contribution in [3.05, 3.63) is 0 Å². The van der Waals surface area contributed by atoms with Crippen LogP contribution in [0.2, 0.25) is 0 Å². The molecular weight excluding hydrogens is 228 g/mol. The Morgan fingerprint density at radius 3 is 2.28 bits per heavy atom. The van der Waals surface area contributed by atoms with Crippen molar-refractivity contribution < 1.29 is 9.59 Å². The topological polar surface area (TPSA) is 49.4 Å². The van der Waals surface area contributed by atoms with Crippen molar-refractivity contribution in [3.63, 3.8) is 0 Å². The zero-order valence-electron chi connectivity index (χ0n) is 12.4. The summed E-state index contributed by atoms with van der Waals surface area (Å²) in [7, 11) is 0. The molecule has 0 aromatic carbocycles. The summed E-state index contributed by atoms with van der Waals surface area (Å²) in [4.78, 5) is 25.9. The molecule has 1 aliphatic heterocycles. The summed E-state index contributed by atoms with van der Waals surface area (Å²) < 4.78 is 0. The zero-order valence-corrected chi connectivity index (χ0v) is 12.4. The zero-order chi connectivity index (χ0) is 14.1. The summed E-state index contributed by atoms with van der Waals surface area (Å²) >= 11 is 0. The van der Waals surface area contributed by atoms with E-state index in [1.54, 1.807) is 4.90 Å². The van der Waals surface area contributed by atoms with E-state index >= 15 is 0 Å². The lowest BCUT2D eigenvalue weighted by molar-refractivity contribution is -0.148. The minimum atomic E-state index is -0.351. The number of nitrogens with zero attached hydrogens (tertiary/aromatic N) is 1. The van der Waals surface area contributed by atoms with Crippen molar-refractivity contribution in [2.75, 3.05) is 6.54 Å². The highest BCUT2D eigenvalue weighted by Crippen LogP contribution is 2.26. The molecule has 0 radical (unpaired) electrons. The van der Waals surface area contributed by atoms with Gasteiger partial charge in [-0.25, -0.2) is 0 Å². The first-order valence-electron chi connectivity index (χ1n) is 6.72. The molecule has 4 nitrogen and oxygen atoms in total. The third kappa shape index (κ3) is 3.47. The Morgan fingerprint density at radius 1 is 1.28 bits per heavy atom. The molecule has 1 fully saturated rings. The third-order valence-electron chi connectivity index (χ3n) is 3.66. The van der Waals surface area contributed by atoms with E-state index in [1.807, 2.05) is 6.92 Å². The van der Waals surface area contributed by atoms with Gasteiger partial charge in [0, 0.05) is 6.04 Å². The number of hydrogen-bond acceptors (Lipinski definition) is 2. The van der Waals surface area contributed by atoms with Crippen LogP contribution in [0.4, 0.5) is 0 Å². The van der Waals surface area contributed by atoms with Crippen molar-refractivity contribution in [1.29, 1.82) is 0 Å². The highest BCUT2D eigenvalue weighted by Gasteiger charge is 2.38. The highest BCUT2D eigenvalue weighted by atomic mass is 16.2. The summed E-state index contributed by atoms with van der Waals surface area (Å²) in [6.45, 7) is 12.6. The van der Waals surface area contributed by atoms with E-state index < -0.39 is 0 Å². The second-order valence-corrected chi connectivity index (χ2v) is 6.76. The first kappa shape index (κ1) is 15.0. The Labute approximate surface area is 110 Å². The predicted molar refractivity (Wildman–Crippen MR) is 72.0 cm³/mol. The van der Waals surface area contributed by atoms with Gasteiger partial charge in [-0.15, -0.1) is 0 Å². The predicted octanol–water partition coefficient (Wildman–Crippen LogP) is 1.79. The fourth-order valence-corrected chi connectivity index (χ4v) is 2.16. The number of rotatable bonds is 3. The van der Waals surface area contributed by atoms with Crippen LogP contribution in [-0.4, -0.2) is 35.3 Å². The van der Waals surface area contributed by atoms with Gasteiger partial charge < -0.3 is 10.2 Å². The van der Waals surface area contributed by atoms with Crippen molar-refractivity contribution >= 4 is 11.8 Å². The lowest BCUT2D eigenvalue weighted by atomic mass is 9.86. The maximum Gasteiger partial charge on any atom is 0.245 e. The van der Waals surface area contributed by atoms with Gasteiger partial charge in [-0.1, -0.05) is 34.6 Å². The third-order valence-corrected chi connectivity index (χ3v) is 3.66. The van der Waals surface area contributed by atoms with Gasteiger partial charge in [0.05, 0.1) is 6.54 Å². The molecule has 1 aliphatic rings. The first-order chi connectivity index (χ1) is 8.12. The number of hydrogen-bond donors (Lipinski definition) is 1. The maximum absolute atomic E-state index is 12.4. The van der Waals surface area contributed by atoms with Gasteiger partial charge in [0.1, 0.15) is 6.04 Å². The van der Waals surface area contributed by atoms with E-state index in [2.05, 4.69) is 39.9 Å². The molecule has 0 aromatic heterocycles. The SMILES string of the molecule is CC(C)CC1NC(=O)CN(C(C)C(C)(C)C)C1=O. The lowest BCUT2D eigenvalue weighted by Gasteiger charge is -2.42. The van der Waals surface area contributed by atoms with E-state index in [9.17, 15) is 9.59 Å². The second kappa shape index (κ2) is 5.29. The van der Waals surface area contributed by atoms with Crippen molar-refractivity contribution in [2.45, 2.75) is 60.0 Å². The van der Waals surface area contributed by atoms with Crippen LogP contribution in [0.3, 0.4) is 0 Å². The molecule has 104 valence electrons. The van der Waals surface area contributed by atoms with Crippen LogP contribution in [0.5, 0.6) is 0 Å². The summed E-state index contributed by atoms with van der Waals surface area (Å²) in [6, 6.07) is -0.290. The van der Waals surface area contributed by atoms with Gasteiger partial charge in [0.25, 0.3) is 0 Å². The molecule has 1 saturated heterocycles. The van der Waals surface area contributed by atoms with E-state index in [-0.39, 0.29) is 35.9 Å². The van der Waals surface area contributed by atoms with E-state index in [1.165, 1.54) is 0 Å². The molecule has 2 unspecified atom stereocenters. The van der Waals surface area contributed by atoms with Gasteiger partial charge in [0.15, 0.2) is 0 Å². The fraction of sp³-hybridized carbons (Fsp3) is 0.857. The van der Waals surface area contributed by atoms with Crippen LogP contribution < -0.4 is 5.32 Å². The van der Waals surface area contributed by atoms with Gasteiger partial charge in [0.2, 0.25) is 11.8 Å². The number of nitrogens with one attached hydrogen (secondary N) is 1. The molecule has 4 heteroatoms. The number of amides is 2. The quantitative estimate of drug-likeness (QED) is 0.835. The van der Waals surface area contributed by atoms with Gasteiger partial charge in [-0.2, -0.15) is 0 Å². The average Bonchev–Trinajstić information content (AvgIpc) is 2.19. The average molecular weight is 254 g/mol. The molecule has 1 heterocycles. The van der Waals surface area contributed by atoms with E-state index in [4.69, 9.17) is 0 Å². The van der Waals surface area contributed by atoms with Gasteiger partial charge in [-0.3, -0.25) is 9.59 Å².